The van der Waals surface area contributed by atoms with E-state index in [-0.39, 0.29) is 30.0 Å². The van der Waals surface area contributed by atoms with Crippen LogP contribution in [0.4, 0.5) is 0 Å². The molecule has 3 aliphatic heterocycles. The molecule has 0 atom stereocenters. The number of rotatable bonds is 6. The Balaban J connectivity index is 1.34. The summed E-state index contributed by atoms with van der Waals surface area (Å²) in [4.78, 5) is 43.0. The quantitative estimate of drug-likeness (QED) is 0.407. The van der Waals surface area contributed by atoms with Crippen molar-refractivity contribution >= 4 is 11.8 Å². The number of carbonyl (C=O) groups excluding carboxylic acids is 2. The van der Waals surface area contributed by atoms with Gasteiger partial charge < -0.3 is 19.1 Å². The third kappa shape index (κ3) is 4.97. The van der Waals surface area contributed by atoms with Crippen molar-refractivity contribution in [1.29, 1.82) is 0 Å². The van der Waals surface area contributed by atoms with E-state index in [1.807, 2.05) is 66.9 Å². The van der Waals surface area contributed by atoms with Gasteiger partial charge in [-0.2, -0.15) is 9.78 Å². The normalized spacial score (nSPS) is 13.8. The van der Waals surface area contributed by atoms with Gasteiger partial charge in [0.25, 0.3) is 17.4 Å². The molecule has 0 aliphatic carbocycles. The van der Waals surface area contributed by atoms with Crippen LogP contribution >= 0.6 is 0 Å². The topological polar surface area (TPSA) is 89.7 Å². The van der Waals surface area contributed by atoms with Crippen LogP contribution in [0.2, 0.25) is 0 Å². The second-order valence-corrected chi connectivity index (χ2v) is 9.30. The number of aromatic nitrogens is 3. The summed E-state index contributed by atoms with van der Waals surface area (Å²) in [5, 5.41) is 4.56. The lowest BCUT2D eigenvalue weighted by Gasteiger charge is -2.35. The summed E-state index contributed by atoms with van der Waals surface area (Å²) in [6.45, 7) is 5.54. The molecule has 0 bridgehead atoms. The molecule has 0 radical (unpaired) electrons. The number of ether oxygens (including phenoxy) is 1. The number of amides is 2. The second kappa shape index (κ2) is 10.3. The molecule has 0 spiro atoms. The Labute approximate surface area is 214 Å². The molecule has 1 fully saturated rings. The Morgan fingerprint density at radius 2 is 1.51 bits per heavy atom. The van der Waals surface area contributed by atoms with E-state index >= 15 is 0 Å². The van der Waals surface area contributed by atoms with Crippen molar-refractivity contribution in [3.8, 4) is 22.7 Å². The number of carbonyl (C=O) groups is 2. The largest absolute Gasteiger partial charge is 0.484 e. The highest BCUT2D eigenvalue weighted by molar-refractivity contribution is 6.00. The smallest absolute Gasteiger partial charge is 0.282 e. The van der Waals surface area contributed by atoms with Crippen molar-refractivity contribution in [2.45, 2.75) is 19.9 Å². The Kier molecular flexibility index (Phi) is 6.76. The van der Waals surface area contributed by atoms with E-state index in [1.54, 1.807) is 34.3 Å². The van der Waals surface area contributed by atoms with Crippen molar-refractivity contribution in [2.75, 3.05) is 32.8 Å². The average Bonchev–Trinajstić information content (AvgIpc) is 3.28. The van der Waals surface area contributed by atoms with Crippen LogP contribution < -0.4 is 10.3 Å². The van der Waals surface area contributed by atoms with Crippen molar-refractivity contribution in [1.82, 2.24) is 24.1 Å². The number of fused-ring (bicyclic) bond motifs is 1. The zero-order chi connectivity index (χ0) is 25.9. The van der Waals surface area contributed by atoms with Crippen LogP contribution in [0.3, 0.4) is 0 Å². The van der Waals surface area contributed by atoms with Crippen LogP contribution in [0, 0.1) is 0 Å². The lowest BCUT2D eigenvalue weighted by molar-refractivity contribution is -0.134. The third-order valence-corrected chi connectivity index (χ3v) is 6.54. The van der Waals surface area contributed by atoms with Gasteiger partial charge >= 0.3 is 0 Å². The van der Waals surface area contributed by atoms with Gasteiger partial charge in [-0.25, -0.2) is 0 Å². The van der Waals surface area contributed by atoms with E-state index in [2.05, 4.69) is 5.10 Å². The number of pyridine rings is 1. The molecule has 9 nitrogen and oxygen atoms in total. The predicted octanol–water partition coefficient (Wildman–Crippen LogP) is 3.08. The minimum Gasteiger partial charge on any atom is -0.484 e. The molecule has 2 aromatic carbocycles. The molecular formula is C28H29N5O4. The molecule has 2 aromatic rings. The molecule has 0 unspecified atom stereocenters. The molecular weight excluding hydrogens is 470 g/mol. The van der Waals surface area contributed by atoms with E-state index in [9.17, 15) is 14.4 Å². The fraction of sp³-hybridized carbons (Fsp3) is 0.286. The molecule has 0 saturated carbocycles. The van der Waals surface area contributed by atoms with Gasteiger partial charge in [-0.15, -0.1) is 0 Å². The van der Waals surface area contributed by atoms with Crippen LogP contribution in [0.5, 0.6) is 5.75 Å². The highest BCUT2D eigenvalue weighted by atomic mass is 16.5. The molecule has 37 heavy (non-hydrogen) atoms. The van der Waals surface area contributed by atoms with E-state index in [0.717, 1.165) is 0 Å². The standard InChI is InChI=1S/C28H29N5O4/c1-20(2)32-17-23(26-24(18-32)28(36)33(29-26)21-9-5-3-6-10-21)27(35)31-15-13-30(14-16-31)25(34)19-37-22-11-7-4-8-12-22/h3-12,17-18,20H,13-16,19H2,1-2H3. The van der Waals surface area contributed by atoms with Crippen LogP contribution in [0.25, 0.3) is 16.9 Å². The number of hydrogen-bond acceptors (Lipinski definition) is 5. The zero-order valence-electron chi connectivity index (χ0n) is 20.9. The summed E-state index contributed by atoms with van der Waals surface area (Å²) in [6.07, 6.45) is 3.53. The third-order valence-electron chi connectivity index (χ3n) is 6.54. The highest BCUT2D eigenvalue weighted by Crippen LogP contribution is 2.25. The Morgan fingerprint density at radius 3 is 2.16 bits per heavy atom. The molecule has 5 rings (SSSR count). The first-order chi connectivity index (χ1) is 17.9. The lowest BCUT2D eigenvalue weighted by Crippen LogP contribution is -2.51. The van der Waals surface area contributed by atoms with Crippen LogP contribution in [-0.2, 0) is 4.79 Å². The average molecular weight is 500 g/mol. The van der Waals surface area contributed by atoms with Gasteiger partial charge in [-0.05, 0) is 38.1 Å². The van der Waals surface area contributed by atoms with E-state index < -0.39 is 0 Å². The predicted molar refractivity (Wildman–Crippen MR) is 139 cm³/mol. The number of benzene rings is 2. The fourth-order valence-corrected chi connectivity index (χ4v) is 4.41. The summed E-state index contributed by atoms with van der Waals surface area (Å²) < 4.78 is 8.80. The van der Waals surface area contributed by atoms with Crippen molar-refractivity contribution in [2.24, 2.45) is 0 Å². The summed E-state index contributed by atoms with van der Waals surface area (Å²) in [5.41, 5.74) is 1.54. The van der Waals surface area contributed by atoms with Crippen molar-refractivity contribution in [3.63, 3.8) is 0 Å². The SMILES string of the molecule is CC(C)n1cc(C(=O)N2CCN(C(=O)COc3ccccc3)CC2)c2nn(-c3ccccc3)c(=O)c-2c1. The van der Waals surface area contributed by atoms with E-state index in [1.165, 1.54) is 4.68 Å². The molecule has 3 aliphatic rings. The molecule has 190 valence electrons. The molecule has 3 heterocycles. The second-order valence-electron chi connectivity index (χ2n) is 9.30. The van der Waals surface area contributed by atoms with E-state index in [4.69, 9.17) is 4.74 Å². The Bertz CT molecular complexity index is 1420. The maximum absolute atomic E-state index is 13.7. The van der Waals surface area contributed by atoms with Crippen molar-refractivity contribution < 1.29 is 14.3 Å². The summed E-state index contributed by atoms with van der Waals surface area (Å²) in [7, 11) is 0. The van der Waals surface area contributed by atoms with E-state index in [0.29, 0.717) is 54.4 Å². The molecule has 1 saturated heterocycles. The first-order valence-electron chi connectivity index (χ1n) is 12.4. The maximum atomic E-state index is 13.7. The molecule has 2 amide bonds. The monoisotopic (exact) mass is 499 g/mol. The van der Waals surface area contributed by atoms with Gasteiger partial charge in [0.2, 0.25) is 0 Å². The Hall–Kier alpha value is -4.40. The van der Waals surface area contributed by atoms with Gasteiger partial charge in [0.05, 0.1) is 16.8 Å². The first kappa shape index (κ1) is 24.3. The van der Waals surface area contributed by atoms with Crippen LogP contribution in [-0.4, -0.2) is 68.7 Å². The van der Waals surface area contributed by atoms with Crippen molar-refractivity contribution in [3.05, 3.63) is 89.0 Å². The Morgan fingerprint density at radius 1 is 0.892 bits per heavy atom. The van der Waals surface area contributed by atoms with Gasteiger partial charge in [0.15, 0.2) is 6.61 Å². The summed E-state index contributed by atoms with van der Waals surface area (Å²) in [6, 6.07) is 18.4. The van der Waals surface area contributed by atoms with Gasteiger partial charge in [0, 0.05) is 44.6 Å². The molecule has 0 aromatic heterocycles. The first-order valence-corrected chi connectivity index (χ1v) is 12.4. The van der Waals surface area contributed by atoms with Gasteiger partial charge in [-0.1, -0.05) is 36.4 Å². The van der Waals surface area contributed by atoms with Crippen LogP contribution in [0.15, 0.2) is 77.9 Å². The fourth-order valence-electron chi connectivity index (χ4n) is 4.41. The molecule has 0 N–H and O–H groups in total. The minimum absolute atomic E-state index is 0.0468. The number of nitrogens with zero attached hydrogens (tertiary/aromatic N) is 5. The summed E-state index contributed by atoms with van der Waals surface area (Å²) >= 11 is 0. The van der Waals surface area contributed by atoms with Gasteiger partial charge in [-0.3, -0.25) is 14.4 Å². The summed E-state index contributed by atoms with van der Waals surface area (Å²) in [5.74, 6) is 0.322. The molecule has 9 heteroatoms. The minimum atomic E-state index is -0.265. The lowest BCUT2D eigenvalue weighted by atomic mass is 10.1. The van der Waals surface area contributed by atoms with Crippen LogP contribution in [0.1, 0.15) is 30.2 Å². The number of hydrogen-bond donors (Lipinski definition) is 0. The maximum Gasteiger partial charge on any atom is 0.282 e. The zero-order valence-corrected chi connectivity index (χ0v) is 20.9. The number of para-hydroxylation sites is 2. The van der Waals surface area contributed by atoms with Gasteiger partial charge in [0.1, 0.15) is 11.4 Å². The number of piperazine rings is 1. The highest BCUT2D eigenvalue weighted by Gasteiger charge is 2.30.